The molecule has 1 heterocycles. The molecule has 3 aromatic rings. The summed E-state index contributed by atoms with van der Waals surface area (Å²) in [5, 5.41) is 8.25. The zero-order valence-electron chi connectivity index (χ0n) is 13.7. The number of carbonyl (C=O) groups excluding carboxylic acids is 1. The normalized spacial score (nSPS) is 12.0. The molecule has 0 spiro atoms. The molecule has 0 amide bonds. The second-order valence-electron chi connectivity index (χ2n) is 5.32. The number of Topliss-reactive ketones (excluding diaryl/α,β-unsaturated/α-hetero) is 1. The molecule has 5 nitrogen and oxygen atoms in total. The molecule has 0 N–H and O–H groups in total. The van der Waals surface area contributed by atoms with E-state index in [-0.39, 0.29) is 16.9 Å². The highest BCUT2D eigenvalue weighted by atomic mass is 32.2. The lowest BCUT2D eigenvalue weighted by Gasteiger charge is -2.12. The molecule has 0 unspecified atom stereocenters. The Morgan fingerprint density at radius 2 is 2.00 bits per heavy atom. The highest BCUT2D eigenvalue weighted by molar-refractivity contribution is 8.00. The van der Waals surface area contributed by atoms with E-state index in [1.165, 1.54) is 36.0 Å². The molecule has 0 aliphatic carbocycles. The van der Waals surface area contributed by atoms with Gasteiger partial charge in [0.15, 0.2) is 10.9 Å². The monoisotopic (exact) mass is 357 g/mol. The first-order chi connectivity index (χ1) is 12.1. The summed E-state index contributed by atoms with van der Waals surface area (Å²) in [5.74, 6) is 0.261. The number of hydrogen-bond acceptors (Lipinski definition) is 5. The molecule has 1 atom stereocenters. The van der Waals surface area contributed by atoms with Crippen LogP contribution in [-0.2, 0) is 0 Å². The summed E-state index contributed by atoms with van der Waals surface area (Å²) in [6.07, 6.45) is 1.59. The lowest BCUT2D eigenvalue weighted by Crippen LogP contribution is -2.14. The van der Waals surface area contributed by atoms with Crippen molar-refractivity contribution in [2.24, 2.45) is 0 Å². The molecule has 0 radical (unpaired) electrons. The van der Waals surface area contributed by atoms with Crippen LogP contribution in [0.4, 0.5) is 4.39 Å². The molecule has 7 heteroatoms. The van der Waals surface area contributed by atoms with Crippen LogP contribution in [-0.4, -0.2) is 32.9 Å². The first-order valence-corrected chi connectivity index (χ1v) is 8.47. The Kier molecular flexibility index (Phi) is 5.14. The van der Waals surface area contributed by atoms with Gasteiger partial charge in [0.25, 0.3) is 0 Å². The second-order valence-corrected chi connectivity index (χ2v) is 6.62. The van der Waals surface area contributed by atoms with Gasteiger partial charge in [0.1, 0.15) is 17.9 Å². The number of methoxy groups -OCH3 is 1. The van der Waals surface area contributed by atoms with Gasteiger partial charge in [0.2, 0.25) is 0 Å². The van der Waals surface area contributed by atoms with Gasteiger partial charge < -0.3 is 4.74 Å². The maximum atomic E-state index is 13.0. The van der Waals surface area contributed by atoms with E-state index in [4.69, 9.17) is 4.74 Å². The van der Waals surface area contributed by atoms with E-state index >= 15 is 0 Å². The van der Waals surface area contributed by atoms with Crippen molar-refractivity contribution in [3.05, 3.63) is 66.2 Å². The molecule has 25 heavy (non-hydrogen) atoms. The smallest absolute Gasteiger partial charge is 0.196 e. The molecule has 0 saturated heterocycles. The first-order valence-electron chi connectivity index (χ1n) is 7.59. The number of rotatable bonds is 6. The van der Waals surface area contributed by atoms with Crippen LogP contribution in [0.15, 0.2) is 60.0 Å². The Labute approximate surface area is 148 Å². The zero-order chi connectivity index (χ0) is 17.8. The molecule has 0 aliphatic heterocycles. The number of carbonyl (C=O) groups is 1. The maximum absolute atomic E-state index is 13.0. The highest BCUT2D eigenvalue weighted by Gasteiger charge is 2.20. The summed E-state index contributed by atoms with van der Waals surface area (Å²) in [6.45, 7) is 1.79. The Bertz CT molecular complexity index is 880. The SMILES string of the molecule is COc1cccc(-n2cnnc2S[C@@H](C)C(=O)c2ccc(F)cc2)c1. The number of aromatic nitrogens is 3. The van der Waals surface area contributed by atoms with Gasteiger partial charge in [0, 0.05) is 11.6 Å². The number of thioether (sulfide) groups is 1. The van der Waals surface area contributed by atoms with Crippen molar-refractivity contribution in [2.75, 3.05) is 7.11 Å². The van der Waals surface area contributed by atoms with Crippen LogP contribution in [0, 0.1) is 5.82 Å². The average molecular weight is 357 g/mol. The van der Waals surface area contributed by atoms with Crippen LogP contribution < -0.4 is 4.74 Å². The van der Waals surface area contributed by atoms with Crippen molar-refractivity contribution < 1.29 is 13.9 Å². The number of hydrogen-bond donors (Lipinski definition) is 0. The molecule has 0 saturated carbocycles. The summed E-state index contributed by atoms with van der Waals surface area (Å²) in [4.78, 5) is 12.5. The van der Waals surface area contributed by atoms with E-state index in [9.17, 15) is 9.18 Å². The highest BCUT2D eigenvalue weighted by Crippen LogP contribution is 2.27. The van der Waals surface area contributed by atoms with Gasteiger partial charge in [-0.25, -0.2) is 4.39 Å². The minimum absolute atomic E-state index is 0.0924. The third-order valence-corrected chi connectivity index (χ3v) is 4.68. The van der Waals surface area contributed by atoms with Crippen LogP contribution >= 0.6 is 11.8 Å². The van der Waals surface area contributed by atoms with Gasteiger partial charge in [-0.1, -0.05) is 17.8 Å². The van der Waals surface area contributed by atoms with E-state index in [1.807, 2.05) is 24.3 Å². The van der Waals surface area contributed by atoms with Gasteiger partial charge >= 0.3 is 0 Å². The Morgan fingerprint density at radius 1 is 1.24 bits per heavy atom. The van der Waals surface area contributed by atoms with Crippen LogP contribution in [0.1, 0.15) is 17.3 Å². The van der Waals surface area contributed by atoms with Crippen molar-refractivity contribution in [3.63, 3.8) is 0 Å². The van der Waals surface area contributed by atoms with Crippen molar-refractivity contribution in [1.82, 2.24) is 14.8 Å². The minimum atomic E-state index is -0.390. The largest absolute Gasteiger partial charge is 0.497 e. The quantitative estimate of drug-likeness (QED) is 0.496. The van der Waals surface area contributed by atoms with Crippen LogP contribution in [0.2, 0.25) is 0 Å². The molecular weight excluding hydrogens is 341 g/mol. The van der Waals surface area contributed by atoms with Crippen molar-refractivity contribution >= 4 is 17.5 Å². The van der Waals surface area contributed by atoms with Gasteiger partial charge in [0.05, 0.1) is 18.0 Å². The fraction of sp³-hybridized carbons (Fsp3) is 0.167. The standard InChI is InChI=1S/C18H16FN3O2S/c1-12(17(23)13-6-8-14(19)9-7-13)25-18-21-20-11-22(18)15-4-3-5-16(10-15)24-2/h3-12H,1-2H3/t12-/m0/s1. The molecular formula is C18H16FN3O2S. The number of nitrogens with zero attached hydrogens (tertiary/aromatic N) is 3. The topological polar surface area (TPSA) is 57.0 Å². The van der Waals surface area contributed by atoms with Crippen molar-refractivity contribution in [2.45, 2.75) is 17.3 Å². The number of ether oxygens (including phenoxy) is 1. The number of ketones is 1. The Balaban J connectivity index is 1.80. The summed E-state index contributed by atoms with van der Waals surface area (Å²) < 4.78 is 20.0. The van der Waals surface area contributed by atoms with Gasteiger partial charge in [-0.3, -0.25) is 9.36 Å². The van der Waals surface area contributed by atoms with Crippen LogP contribution in [0.5, 0.6) is 5.75 Å². The first kappa shape index (κ1) is 17.2. The predicted octanol–water partition coefficient (Wildman–Crippen LogP) is 3.78. The van der Waals surface area contributed by atoms with Gasteiger partial charge in [-0.05, 0) is 43.3 Å². The molecule has 0 bridgehead atoms. The molecule has 128 valence electrons. The number of halogens is 1. The predicted molar refractivity (Wildman–Crippen MR) is 94.0 cm³/mol. The van der Waals surface area contributed by atoms with Crippen LogP contribution in [0.3, 0.4) is 0 Å². The second kappa shape index (κ2) is 7.48. The van der Waals surface area contributed by atoms with Crippen LogP contribution in [0.25, 0.3) is 5.69 Å². The van der Waals surface area contributed by atoms with E-state index in [1.54, 1.807) is 24.9 Å². The molecule has 2 aromatic carbocycles. The third kappa shape index (κ3) is 3.88. The fourth-order valence-corrected chi connectivity index (χ4v) is 3.22. The van der Waals surface area contributed by atoms with E-state index in [2.05, 4.69) is 10.2 Å². The van der Waals surface area contributed by atoms with E-state index in [0.29, 0.717) is 10.7 Å². The zero-order valence-corrected chi connectivity index (χ0v) is 14.5. The average Bonchev–Trinajstić information content (AvgIpc) is 3.10. The molecule has 0 fully saturated rings. The maximum Gasteiger partial charge on any atom is 0.196 e. The molecule has 0 aliphatic rings. The fourth-order valence-electron chi connectivity index (χ4n) is 2.30. The van der Waals surface area contributed by atoms with Gasteiger partial charge in [-0.15, -0.1) is 10.2 Å². The Hall–Kier alpha value is -2.67. The summed E-state index contributed by atoms with van der Waals surface area (Å²) >= 11 is 1.30. The number of benzene rings is 2. The van der Waals surface area contributed by atoms with E-state index < -0.39 is 0 Å². The lowest BCUT2D eigenvalue weighted by atomic mass is 10.1. The van der Waals surface area contributed by atoms with Gasteiger partial charge in [-0.2, -0.15) is 0 Å². The van der Waals surface area contributed by atoms with E-state index in [0.717, 1.165) is 11.4 Å². The summed E-state index contributed by atoms with van der Waals surface area (Å²) in [6, 6.07) is 13.0. The minimum Gasteiger partial charge on any atom is -0.497 e. The molecule has 3 rings (SSSR count). The lowest BCUT2D eigenvalue weighted by molar-refractivity contribution is 0.0994. The Morgan fingerprint density at radius 3 is 2.72 bits per heavy atom. The molecule has 1 aromatic heterocycles. The van der Waals surface area contributed by atoms with Crippen molar-refractivity contribution in [3.8, 4) is 11.4 Å². The summed E-state index contributed by atoms with van der Waals surface area (Å²) in [7, 11) is 1.60. The van der Waals surface area contributed by atoms with Crippen molar-refractivity contribution in [1.29, 1.82) is 0 Å². The summed E-state index contributed by atoms with van der Waals surface area (Å²) in [5.41, 5.74) is 1.31. The third-order valence-electron chi connectivity index (χ3n) is 3.63.